The van der Waals surface area contributed by atoms with Crippen LogP contribution in [0.15, 0.2) is 28.8 Å². The molecule has 1 amide bonds. The minimum atomic E-state index is -0.900. The topological polar surface area (TPSA) is 106 Å². The Morgan fingerprint density at radius 2 is 2.07 bits per heavy atom. The zero-order chi connectivity index (χ0) is 20.4. The molecule has 0 spiro atoms. The Labute approximate surface area is 168 Å². The van der Waals surface area contributed by atoms with Crippen molar-refractivity contribution in [3.05, 3.63) is 30.2 Å². The Kier molecular flexibility index (Phi) is 5.51. The fraction of sp³-hybridized carbons (Fsp3) is 0.524. The molecule has 8 nitrogen and oxygen atoms in total. The van der Waals surface area contributed by atoms with Gasteiger partial charge in [0.15, 0.2) is 0 Å². The van der Waals surface area contributed by atoms with Crippen LogP contribution in [0, 0.1) is 11.8 Å². The van der Waals surface area contributed by atoms with Crippen molar-refractivity contribution >= 4 is 11.9 Å². The number of carbonyl (C=O) groups excluding carboxylic acids is 1. The highest BCUT2D eigenvalue weighted by Crippen LogP contribution is 2.42. The number of nitrogens with zero attached hydrogens (tertiary/aromatic N) is 3. The molecule has 3 unspecified atom stereocenters. The van der Waals surface area contributed by atoms with Crippen LogP contribution in [0.5, 0.6) is 5.75 Å². The number of rotatable bonds is 7. The smallest absolute Gasteiger partial charge is 0.326 e. The van der Waals surface area contributed by atoms with Crippen molar-refractivity contribution < 1.29 is 24.0 Å². The van der Waals surface area contributed by atoms with Crippen molar-refractivity contribution in [2.24, 2.45) is 11.8 Å². The molecule has 2 aromatic rings. The summed E-state index contributed by atoms with van der Waals surface area (Å²) in [5.41, 5.74) is 0.799. The van der Waals surface area contributed by atoms with Gasteiger partial charge in [-0.1, -0.05) is 11.6 Å². The minimum absolute atomic E-state index is 0.0890. The van der Waals surface area contributed by atoms with E-state index in [-0.39, 0.29) is 18.2 Å². The number of aliphatic carboxylic acids is 1. The highest BCUT2D eigenvalue weighted by Gasteiger charge is 2.49. The monoisotopic (exact) mass is 399 g/mol. The van der Waals surface area contributed by atoms with Crippen LogP contribution in [0.2, 0.25) is 0 Å². The summed E-state index contributed by atoms with van der Waals surface area (Å²) in [5, 5.41) is 13.6. The van der Waals surface area contributed by atoms with Gasteiger partial charge in [-0.25, -0.2) is 4.79 Å². The molecule has 1 N–H and O–H groups in total. The van der Waals surface area contributed by atoms with E-state index in [1.54, 1.807) is 4.90 Å². The Morgan fingerprint density at radius 3 is 2.79 bits per heavy atom. The first-order chi connectivity index (χ1) is 14.1. The van der Waals surface area contributed by atoms with Gasteiger partial charge in [-0.3, -0.25) is 4.79 Å². The molecule has 29 heavy (non-hydrogen) atoms. The highest BCUT2D eigenvalue weighted by molar-refractivity contribution is 5.84. The molecule has 3 atom stereocenters. The van der Waals surface area contributed by atoms with E-state index in [1.165, 1.54) is 0 Å². The molecule has 0 bridgehead atoms. The Morgan fingerprint density at radius 1 is 1.28 bits per heavy atom. The number of fused-ring (bicyclic) bond motifs is 1. The lowest BCUT2D eigenvalue weighted by Gasteiger charge is -2.24. The number of amides is 1. The number of carbonyl (C=O) groups is 2. The Bertz CT molecular complexity index is 879. The molecule has 8 heteroatoms. The molecule has 1 aliphatic heterocycles. The van der Waals surface area contributed by atoms with Crippen LogP contribution >= 0.6 is 0 Å². The van der Waals surface area contributed by atoms with Crippen LogP contribution < -0.4 is 4.74 Å². The van der Waals surface area contributed by atoms with Gasteiger partial charge < -0.3 is 19.3 Å². The first kappa shape index (κ1) is 19.4. The van der Waals surface area contributed by atoms with E-state index < -0.39 is 12.0 Å². The first-order valence-electron chi connectivity index (χ1n) is 10.1. The lowest BCUT2D eigenvalue weighted by atomic mass is 9.94. The molecule has 1 saturated carbocycles. The van der Waals surface area contributed by atoms with Crippen molar-refractivity contribution in [3.63, 3.8) is 0 Å². The van der Waals surface area contributed by atoms with E-state index in [0.29, 0.717) is 37.2 Å². The van der Waals surface area contributed by atoms with Gasteiger partial charge in [-0.15, -0.1) is 0 Å². The van der Waals surface area contributed by atoms with E-state index in [9.17, 15) is 14.7 Å². The average molecular weight is 399 g/mol. The van der Waals surface area contributed by atoms with E-state index >= 15 is 0 Å². The van der Waals surface area contributed by atoms with Crippen LogP contribution in [-0.4, -0.2) is 51.2 Å². The molecular formula is C21H25N3O5. The van der Waals surface area contributed by atoms with Crippen LogP contribution in [0.1, 0.15) is 38.5 Å². The molecule has 2 aliphatic rings. The number of carboxylic acid groups (broad SMARTS) is 1. The molecule has 0 radical (unpaired) electrons. The second kappa shape index (κ2) is 8.23. The number of aromatic nitrogens is 2. The maximum absolute atomic E-state index is 12.7. The quantitative estimate of drug-likeness (QED) is 0.763. The maximum atomic E-state index is 12.7. The first-order valence-corrected chi connectivity index (χ1v) is 10.1. The lowest BCUT2D eigenvalue weighted by molar-refractivity contribution is -0.149. The molecule has 1 aliphatic carbocycles. The van der Waals surface area contributed by atoms with Crippen molar-refractivity contribution in [1.82, 2.24) is 15.0 Å². The number of aryl methyl sites for hydroxylation is 1. The van der Waals surface area contributed by atoms with Gasteiger partial charge in [0.05, 0.1) is 6.61 Å². The largest absolute Gasteiger partial charge is 0.494 e. The van der Waals surface area contributed by atoms with Crippen LogP contribution in [0.25, 0.3) is 11.4 Å². The van der Waals surface area contributed by atoms with Gasteiger partial charge in [-0.05, 0) is 55.9 Å². The molecule has 1 saturated heterocycles. The minimum Gasteiger partial charge on any atom is -0.494 e. The van der Waals surface area contributed by atoms with E-state index in [2.05, 4.69) is 10.1 Å². The van der Waals surface area contributed by atoms with E-state index in [1.807, 2.05) is 31.2 Å². The Balaban J connectivity index is 1.37. The molecule has 2 fully saturated rings. The molecule has 1 aromatic carbocycles. The van der Waals surface area contributed by atoms with Crippen LogP contribution in [0.3, 0.4) is 0 Å². The maximum Gasteiger partial charge on any atom is 0.326 e. The highest BCUT2D eigenvalue weighted by atomic mass is 16.5. The third-order valence-corrected chi connectivity index (χ3v) is 5.91. The fourth-order valence-electron chi connectivity index (χ4n) is 4.58. The number of hydrogen-bond donors (Lipinski definition) is 1. The third kappa shape index (κ3) is 3.97. The summed E-state index contributed by atoms with van der Waals surface area (Å²) in [6, 6.07) is 6.69. The van der Waals surface area contributed by atoms with Gasteiger partial charge in [0, 0.05) is 24.9 Å². The summed E-state index contributed by atoms with van der Waals surface area (Å²) in [6.07, 6.45) is 3.40. The molecular weight excluding hydrogens is 374 g/mol. The lowest BCUT2D eigenvalue weighted by Crippen LogP contribution is -2.43. The summed E-state index contributed by atoms with van der Waals surface area (Å²) < 4.78 is 10.7. The molecule has 2 heterocycles. The number of hydrogen-bond acceptors (Lipinski definition) is 6. The van der Waals surface area contributed by atoms with Gasteiger partial charge in [0.2, 0.25) is 17.6 Å². The number of likely N-dealkylation sites (tertiary alicyclic amines) is 1. The summed E-state index contributed by atoms with van der Waals surface area (Å²) in [4.78, 5) is 30.3. The third-order valence-electron chi connectivity index (χ3n) is 5.91. The second-order valence-corrected chi connectivity index (χ2v) is 7.65. The number of benzene rings is 1. The predicted octanol–water partition coefficient (Wildman–Crippen LogP) is 2.78. The summed E-state index contributed by atoms with van der Waals surface area (Å²) in [5.74, 6) is 0.939. The zero-order valence-electron chi connectivity index (χ0n) is 16.4. The molecule has 1 aromatic heterocycles. The fourth-order valence-corrected chi connectivity index (χ4v) is 4.58. The molecule has 154 valence electrons. The van der Waals surface area contributed by atoms with E-state index in [4.69, 9.17) is 9.26 Å². The van der Waals surface area contributed by atoms with Crippen molar-refractivity contribution in [2.75, 3.05) is 13.2 Å². The van der Waals surface area contributed by atoms with Gasteiger partial charge in [0.1, 0.15) is 11.8 Å². The van der Waals surface area contributed by atoms with Crippen molar-refractivity contribution in [3.8, 4) is 17.1 Å². The zero-order valence-corrected chi connectivity index (χ0v) is 16.4. The van der Waals surface area contributed by atoms with Crippen LogP contribution in [0.4, 0.5) is 0 Å². The van der Waals surface area contributed by atoms with Crippen molar-refractivity contribution in [1.29, 1.82) is 0 Å². The van der Waals surface area contributed by atoms with Gasteiger partial charge in [0.25, 0.3) is 0 Å². The van der Waals surface area contributed by atoms with E-state index in [0.717, 1.165) is 30.6 Å². The van der Waals surface area contributed by atoms with Crippen molar-refractivity contribution in [2.45, 2.75) is 45.1 Å². The normalized spacial score (nSPS) is 23.2. The SMILES string of the molecule is CCOc1ccc(-c2noc(CCC(=O)N3CC4CCCC4C3C(=O)O)n2)cc1. The number of ether oxygens (including phenoxy) is 1. The van der Waals surface area contributed by atoms with Crippen LogP contribution in [-0.2, 0) is 16.0 Å². The number of carboxylic acids is 1. The Hall–Kier alpha value is -2.90. The molecule has 4 rings (SSSR count). The van der Waals surface area contributed by atoms with Gasteiger partial charge in [-0.2, -0.15) is 4.98 Å². The standard InChI is InChI=1S/C21H25N3O5/c1-2-28-15-8-6-13(7-9-15)20-22-17(29-23-20)10-11-18(25)24-12-14-4-3-5-16(14)19(24)21(26)27/h6-9,14,16,19H,2-5,10-12H2,1H3,(H,26,27). The average Bonchev–Trinajstić information content (AvgIpc) is 3.42. The predicted molar refractivity (Wildman–Crippen MR) is 103 cm³/mol. The summed E-state index contributed by atoms with van der Waals surface area (Å²) in [6.45, 7) is 3.07. The summed E-state index contributed by atoms with van der Waals surface area (Å²) in [7, 11) is 0. The van der Waals surface area contributed by atoms with Gasteiger partial charge >= 0.3 is 5.97 Å². The second-order valence-electron chi connectivity index (χ2n) is 7.65. The summed E-state index contributed by atoms with van der Waals surface area (Å²) >= 11 is 0.